The van der Waals surface area contributed by atoms with Gasteiger partial charge in [-0.05, 0) is 19.4 Å². The molecule has 2 aliphatic rings. The third-order valence-electron chi connectivity index (χ3n) is 3.23. The molecule has 0 aromatic carbocycles. The Bertz CT molecular complexity index is 230. The standard InChI is InChI=1S/C10H18N2O2/c1-2-11-5-7-12(8-6-11)9(13)10(14)3-4-10/h14H,2-8H2,1H3. The summed E-state index contributed by atoms with van der Waals surface area (Å²) in [6, 6.07) is 0. The van der Waals surface area contributed by atoms with Crippen LogP contribution >= 0.6 is 0 Å². The number of hydrogen-bond donors (Lipinski definition) is 1. The van der Waals surface area contributed by atoms with Crippen molar-refractivity contribution in [3.8, 4) is 0 Å². The van der Waals surface area contributed by atoms with Gasteiger partial charge in [-0.1, -0.05) is 6.92 Å². The fourth-order valence-electron chi connectivity index (χ4n) is 1.89. The molecular formula is C10H18N2O2. The summed E-state index contributed by atoms with van der Waals surface area (Å²) in [5.41, 5.74) is -0.978. The van der Waals surface area contributed by atoms with Gasteiger partial charge in [0.05, 0.1) is 0 Å². The second-order valence-corrected chi connectivity index (χ2v) is 4.26. The Morgan fingerprint density at radius 3 is 2.29 bits per heavy atom. The minimum atomic E-state index is -0.978. The monoisotopic (exact) mass is 198 g/mol. The van der Waals surface area contributed by atoms with E-state index in [-0.39, 0.29) is 5.91 Å². The van der Waals surface area contributed by atoms with Crippen molar-refractivity contribution in [1.82, 2.24) is 9.80 Å². The summed E-state index contributed by atoms with van der Waals surface area (Å²) in [6.07, 6.45) is 1.31. The highest BCUT2D eigenvalue weighted by atomic mass is 16.3. The molecule has 4 heteroatoms. The SMILES string of the molecule is CCN1CCN(C(=O)C2(O)CC2)CC1. The number of carbonyl (C=O) groups excluding carboxylic acids is 1. The second-order valence-electron chi connectivity index (χ2n) is 4.26. The highest BCUT2D eigenvalue weighted by Gasteiger charge is 2.50. The maximum Gasteiger partial charge on any atom is 0.254 e. The summed E-state index contributed by atoms with van der Waals surface area (Å²) in [7, 11) is 0. The van der Waals surface area contributed by atoms with E-state index in [1.54, 1.807) is 4.90 Å². The fraction of sp³-hybridized carbons (Fsp3) is 0.900. The molecule has 14 heavy (non-hydrogen) atoms. The van der Waals surface area contributed by atoms with Crippen LogP contribution in [-0.2, 0) is 4.79 Å². The summed E-state index contributed by atoms with van der Waals surface area (Å²) >= 11 is 0. The fourth-order valence-corrected chi connectivity index (χ4v) is 1.89. The zero-order chi connectivity index (χ0) is 10.2. The molecule has 0 aromatic heterocycles. The lowest BCUT2D eigenvalue weighted by molar-refractivity contribution is -0.144. The molecule has 4 nitrogen and oxygen atoms in total. The Balaban J connectivity index is 1.86. The number of likely N-dealkylation sites (N-methyl/N-ethyl adjacent to an activating group) is 1. The van der Waals surface area contributed by atoms with Crippen LogP contribution in [-0.4, -0.2) is 59.1 Å². The van der Waals surface area contributed by atoms with Gasteiger partial charge in [0.2, 0.25) is 0 Å². The topological polar surface area (TPSA) is 43.8 Å². The molecule has 1 aliphatic heterocycles. The lowest BCUT2D eigenvalue weighted by atomic mass is 10.2. The summed E-state index contributed by atoms with van der Waals surface area (Å²) in [5, 5.41) is 9.67. The predicted molar refractivity (Wildman–Crippen MR) is 52.9 cm³/mol. The molecule has 1 amide bonds. The highest BCUT2D eigenvalue weighted by molar-refractivity contribution is 5.87. The first kappa shape index (κ1) is 9.93. The number of amides is 1. The highest BCUT2D eigenvalue weighted by Crippen LogP contribution is 2.36. The minimum Gasteiger partial charge on any atom is -0.380 e. The summed E-state index contributed by atoms with van der Waals surface area (Å²) < 4.78 is 0. The largest absolute Gasteiger partial charge is 0.380 e. The normalized spacial score (nSPS) is 26.3. The van der Waals surface area contributed by atoms with Crippen molar-refractivity contribution in [3.05, 3.63) is 0 Å². The number of carbonyl (C=O) groups is 1. The van der Waals surface area contributed by atoms with Crippen molar-refractivity contribution in [3.63, 3.8) is 0 Å². The Morgan fingerprint density at radius 1 is 1.29 bits per heavy atom. The van der Waals surface area contributed by atoms with Crippen molar-refractivity contribution in [2.24, 2.45) is 0 Å². The van der Waals surface area contributed by atoms with Gasteiger partial charge in [0, 0.05) is 26.2 Å². The van der Waals surface area contributed by atoms with E-state index in [4.69, 9.17) is 0 Å². The number of hydrogen-bond acceptors (Lipinski definition) is 3. The van der Waals surface area contributed by atoms with E-state index in [1.807, 2.05) is 0 Å². The third kappa shape index (κ3) is 1.77. The van der Waals surface area contributed by atoms with E-state index in [2.05, 4.69) is 11.8 Å². The van der Waals surface area contributed by atoms with Gasteiger partial charge in [-0.15, -0.1) is 0 Å². The molecule has 1 aliphatic carbocycles. The van der Waals surface area contributed by atoms with Crippen molar-refractivity contribution in [2.45, 2.75) is 25.4 Å². The lowest BCUT2D eigenvalue weighted by Gasteiger charge is -2.35. The first-order chi connectivity index (χ1) is 6.65. The Hall–Kier alpha value is -0.610. The van der Waals surface area contributed by atoms with Gasteiger partial charge >= 0.3 is 0 Å². The molecule has 0 bridgehead atoms. The third-order valence-corrected chi connectivity index (χ3v) is 3.23. The van der Waals surface area contributed by atoms with Gasteiger partial charge in [-0.3, -0.25) is 4.79 Å². The van der Waals surface area contributed by atoms with Crippen LogP contribution in [0.15, 0.2) is 0 Å². The van der Waals surface area contributed by atoms with E-state index in [1.165, 1.54) is 0 Å². The van der Waals surface area contributed by atoms with Crippen molar-refractivity contribution >= 4 is 5.91 Å². The Kier molecular flexibility index (Phi) is 2.49. The van der Waals surface area contributed by atoms with Crippen LogP contribution in [0, 0.1) is 0 Å². The molecule has 2 fully saturated rings. The molecule has 0 atom stereocenters. The van der Waals surface area contributed by atoms with Gasteiger partial charge in [0.25, 0.3) is 5.91 Å². The Morgan fingerprint density at radius 2 is 1.86 bits per heavy atom. The van der Waals surface area contributed by atoms with E-state index in [9.17, 15) is 9.90 Å². The molecule has 0 radical (unpaired) electrons. The predicted octanol–water partition coefficient (Wildman–Crippen LogP) is -0.325. The van der Waals surface area contributed by atoms with Gasteiger partial charge in [0.15, 0.2) is 0 Å². The average Bonchev–Trinajstić information content (AvgIpc) is 2.97. The maximum absolute atomic E-state index is 11.7. The first-order valence-corrected chi connectivity index (χ1v) is 5.40. The van der Waals surface area contributed by atoms with E-state index in [0.29, 0.717) is 12.8 Å². The van der Waals surface area contributed by atoms with Crippen molar-refractivity contribution in [2.75, 3.05) is 32.7 Å². The van der Waals surface area contributed by atoms with Gasteiger partial charge in [-0.2, -0.15) is 0 Å². The van der Waals surface area contributed by atoms with E-state index >= 15 is 0 Å². The van der Waals surface area contributed by atoms with Crippen LogP contribution < -0.4 is 0 Å². The number of rotatable bonds is 2. The molecule has 2 rings (SSSR count). The van der Waals surface area contributed by atoms with E-state index < -0.39 is 5.60 Å². The summed E-state index contributed by atoms with van der Waals surface area (Å²) in [4.78, 5) is 15.9. The molecule has 0 unspecified atom stereocenters. The zero-order valence-corrected chi connectivity index (χ0v) is 8.70. The number of nitrogens with zero attached hydrogens (tertiary/aromatic N) is 2. The molecular weight excluding hydrogens is 180 g/mol. The van der Waals surface area contributed by atoms with E-state index in [0.717, 1.165) is 32.7 Å². The summed E-state index contributed by atoms with van der Waals surface area (Å²) in [5.74, 6) is -0.0479. The van der Waals surface area contributed by atoms with Crippen molar-refractivity contribution in [1.29, 1.82) is 0 Å². The molecule has 1 heterocycles. The molecule has 1 saturated heterocycles. The molecule has 1 N–H and O–H groups in total. The zero-order valence-electron chi connectivity index (χ0n) is 8.70. The molecule has 80 valence electrons. The minimum absolute atomic E-state index is 0.0479. The molecule has 1 saturated carbocycles. The maximum atomic E-state index is 11.7. The van der Waals surface area contributed by atoms with Crippen LogP contribution in [0.2, 0.25) is 0 Å². The first-order valence-electron chi connectivity index (χ1n) is 5.40. The van der Waals surface area contributed by atoms with Gasteiger partial charge in [-0.25, -0.2) is 0 Å². The number of aliphatic hydroxyl groups is 1. The van der Waals surface area contributed by atoms with Gasteiger partial charge < -0.3 is 14.9 Å². The average molecular weight is 198 g/mol. The van der Waals surface area contributed by atoms with Crippen molar-refractivity contribution < 1.29 is 9.90 Å². The molecule has 0 spiro atoms. The Labute approximate surface area is 84.5 Å². The van der Waals surface area contributed by atoms with Crippen LogP contribution in [0.1, 0.15) is 19.8 Å². The quantitative estimate of drug-likeness (QED) is 0.661. The molecule has 0 aromatic rings. The van der Waals surface area contributed by atoms with Crippen LogP contribution in [0.4, 0.5) is 0 Å². The van der Waals surface area contributed by atoms with Crippen LogP contribution in [0.5, 0.6) is 0 Å². The van der Waals surface area contributed by atoms with Gasteiger partial charge in [0.1, 0.15) is 5.60 Å². The second kappa shape index (κ2) is 3.51. The van der Waals surface area contributed by atoms with Crippen LogP contribution in [0.25, 0.3) is 0 Å². The van der Waals surface area contributed by atoms with Crippen LogP contribution in [0.3, 0.4) is 0 Å². The lowest BCUT2D eigenvalue weighted by Crippen LogP contribution is -2.51. The number of piperazine rings is 1. The summed E-state index contributed by atoms with van der Waals surface area (Å²) in [6.45, 7) is 6.61. The smallest absolute Gasteiger partial charge is 0.254 e.